The quantitative estimate of drug-likeness (QED) is 0.476. The molecule has 0 bridgehead atoms. The van der Waals surface area contributed by atoms with E-state index in [4.69, 9.17) is 0 Å². The summed E-state index contributed by atoms with van der Waals surface area (Å²) >= 11 is 0. The number of anilines is 3. The molecule has 30 heavy (non-hydrogen) atoms. The maximum Gasteiger partial charge on any atom is 0.263 e. The van der Waals surface area contributed by atoms with E-state index in [1.165, 1.54) is 19.1 Å². The molecule has 6 nitrogen and oxygen atoms in total. The van der Waals surface area contributed by atoms with Crippen LogP contribution in [0.3, 0.4) is 0 Å². The van der Waals surface area contributed by atoms with Gasteiger partial charge in [-0.15, -0.1) is 0 Å². The maximum absolute atomic E-state index is 13.4. The smallest absolute Gasteiger partial charge is 0.263 e. The molecule has 0 unspecified atom stereocenters. The number of benzene rings is 3. The molecule has 2 N–H and O–H groups in total. The second kappa shape index (κ2) is 7.72. The highest BCUT2D eigenvalue weighted by Crippen LogP contribution is 2.28. The zero-order valence-electron chi connectivity index (χ0n) is 16.3. The van der Waals surface area contributed by atoms with E-state index < -0.39 is 15.8 Å². The molecule has 0 aliphatic rings. The minimum Gasteiger partial charge on any atom is -0.337 e. The molecule has 0 spiro atoms. The van der Waals surface area contributed by atoms with Crippen molar-refractivity contribution in [1.29, 1.82) is 0 Å². The zero-order chi connectivity index (χ0) is 21.3. The SMILES string of the molecule is Cc1ccc(Nc2nc3ccccc3nc2NS(=O)(=O)c2ccc(F)cc2C)cc1. The van der Waals surface area contributed by atoms with Crippen molar-refractivity contribution in [3.8, 4) is 0 Å². The fraction of sp³-hybridized carbons (Fsp3) is 0.0909. The highest BCUT2D eigenvalue weighted by atomic mass is 32.2. The lowest BCUT2D eigenvalue weighted by molar-refractivity contribution is 0.598. The number of rotatable bonds is 5. The van der Waals surface area contributed by atoms with Crippen molar-refractivity contribution in [2.24, 2.45) is 0 Å². The Bertz CT molecular complexity index is 1340. The normalized spacial score (nSPS) is 11.4. The van der Waals surface area contributed by atoms with Gasteiger partial charge >= 0.3 is 0 Å². The number of aromatic nitrogens is 2. The molecule has 0 radical (unpaired) electrons. The minimum atomic E-state index is -4.01. The third-order valence-corrected chi connectivity index (χ3v) is 6.04. The summed E-state index contributed by atoms with van der Waals surface area (Å²) in [6, 6.07) is 18.3. The number of sulfonamides is 1. The Balaban J connectivity index is 1.79. The van der Waals surface area contributed by atoms with Gasteiger partial charge in [-0.1, -0.05) is 29.8 Å². The van der Waals surface area contributed by atoms with Crippen LogP contribution in [-0.2, 0) is 10.0 Å². The largest absolute Gasteiger partial charge is 0.337 e. The first-order chi connectivity index (χ1) is 14.3. The molecule has 0 aliphatic carbocycles. The van der Waals surface area contributed by atoms with Crippen LogP contribution in [0.5, 0.6) is 0 Å². The summed E-state index contributed by atoms with van der Waals surface area (Å²) in [4.78, 5) is 8.98. The summed E-state index contributed by atoms with van der Waals surface area (Å²) < 4.78 is 41.9. The van der Waals surface area contributed by atoms with E-state index >= 15 is 0 Å². The van der Waals surface area contributed by atoms with E-state index in [1.807, 2.05) is 37.3 Å². The van der Waals surface area contributed by atoms with Crippen molar-refractivity contribution in [1.82, 2.24) is 9.97 Å². The lowest BCUT2D eigenvalue weighted by Gasteiger charge is -2.15. The number of halogens is 1. The first kappa shape index (κ1) is 19.8. The van der Waals surface area contributed by atoms with E-state index in [0.29, 0.717) is 16.6 Å². The van der Waals surface area contributed by atoms with Crippen LogP contribution in [0.15, 0.2) is 71.6 Å². The van der Waals surface area contributed by atoms with Gasteiger partial charge in [-0.2, -0.15) is 0 Å². The third kappa shape index (κ3) is 4.08. The van der Waals surface area contributed by atoms with Gasteiger partial charge in [0.2, 0.25) is 0 Å². The van der Waals surface area contributed by atoms with Crippen LogP contribution >= 0.6 is 0 Å². The van der Waals surface area contributed by atoms with Gasteiger partial charge in [-0.3, -0.25) is 4.72 Å². The standard InChI is InChI=1S/C22H19FN4O2S/c1-14-7-10-17(11-8-14)24-21-22(26-19-6-4-3-5-18(19)25-21)27-30(28,29)20-12-9-16(23)13-15(20)2/h3-13H,1-2H3,(H,24,25)(H,26,27). The van der Waals surface area contributed by atoms with Crippen LogP contribution in [-0.4, -0.2) is 18.4 Å². The summed E-state index contributed by atoms with van der Waals surface area (Å²) in [5, 5.41) is 3.13. The van der Waals surface area contributed by atoms with Crippen LogP contribution < -0.4 is 10.0 Å². The minimum absolute atomic E-state index is 0.0276. The number of para-hydroxylation sites is 2. The van der Waals surface area contributed by atoms with Crippen molar-refractivity contribution < 1.29 is 12.8 Å². The Hall–Kier alpha value is -3.52. The van der Waals surface area contributed by atoms with Crippen LogP contribution in [0.1, 0.15) is 11.1 Å². The molecule has 3 aromatic carbocycles. The summed E-state index contributed by atoms with van der Waals surface area (Å²) in [7, 11) is -4.01. The van der Waals surface area contributed by atoms with Gasteiger partial charge in [0.25, 0.3) is 10.0 Å². The second-order valence-electron chi connectivity index (χ2n) is 6.92. The molecule has 8 heteroatoms. The summed E-state index contributed by atoms with van der Waals surface area (Å²) in [5.41, 5.74) is 3.29. The first-order valence-corrected chi connectivity index (χ1v) is 10.7. The van der Waals surface area contributed by atoms with Gasteiger partial charge in [-0.25, -0.2) is 22.8 Å². The predicted molar refractivity (Wildman–Crippen MR) is 116 cm³/mol. The lowest BCUT2D eigenvalue weighted by atomic mass is 10.2. The number of hydrogen-bond donors (Lipinski definition) is 2. The molecule has 0 atom stereocenters. The first-order valence-electron chi connectivity index (χ1n) is 9.21. The van der Waals surface area contributed by atoms with E-state index in [2.05, 4.69) is 20.0 Å². The van der Waals surface area contributed by atoms with Gasteiger partial charge < -0.3 is 5.32 Å². The molecule has 4 aromatic rings. The number of hydrogen-bond acceptors (Lipinski definition) is 5. The monoisotopic (exact) mass is 422 g/mol. The Labute approximate surface area is 173 Å². The Morgan fingerprint density at radius 1 is 0.833 bits per heavy atom. The molecule has 0 aliphatic heterocycles. The van der Waals surface area contributed by atoms with Crippen molar-refractivity contribution in [2.45, 2.75) is 18.7 Å². The summed E-state index contributed by atoms with van der Waals surface area (Å²) in [6.45, 7) is 3.51. The average Bonchev–Trinajstić information content (AvgIpc) is 2.69. The molecule has 0 saturated carbocycles. The van der Waals surface area contributed by atoms with Crippen LogP contribution in [0.4, 0.5) is 21.7 Å². The Morgan fingerprint density at radius 3 is 2.10 bits per heavy atom. The van der Waals surface area contributed by atoms with Crippen molar-refractivity contribution in [2.75, 3.05) is 10.0 Å². The zero-order valence-corrected chi connectivity index (χ0v) is 17.2. The highest BCUT2D eigenvalue weighted by Gasteiger charge is 2.21. The van der Waals surface area contributed by atoms with Crippen LogP contribution in [0, 0.1) is 19.7 Å². The molecule has 0 saturated heterocycles. The van der Waals surface area contributed by atoms with Gasteiger partial charge in [-0.05, 0) is 61.9 Å². The molecule has 1 heterocycles. The number of fused-ring (bicyclic) bond motifs is 1. The maximum atomic E-state index is 13.4. The second-order valence-corrected chi connectivity index (χ2v) is 8.57. The van der Waals surface area contributed by atoms with Crippen LogP contribution in [0.2, 0.25) is 0 Å². The average molecular weight is 422 g/mol. The van der Waals surface area contributed by atoms with Crippen molar-refractivity contribution >= 4 is 38.4 Å². The third-order valence-electron chi connectivity index (χ3n) is 4.54. The topological polar surface area (TPSA) is 84.0 Å². The molecular weight excluding hydrogens is 403 g/mol. The van der Waals surface area contributed by atoms with E-state index in [-0.39, 0.29) is 16.5 Å². The van der Waals surface area contributed by atoms with Crippen molar-refractivity contribution in [3.05, 3.63) is 83.7 Å². The van der Waals surface area contributed by atoms with Gasteiger partial charge in [0.15, 0.2) is 11.6 Å². The summed E-state index contributed by atoms with van der Waals surface area (Å²) in [6.07, 6.45) is 0. The highest BCUT2D eigenvalue weighted by molar-refractivity contribution is 7.92. The lowest BCUT2D eigenvalue weighted by Crippen LogP contribution is -2.17. The molecule has 4 rings (SSSR count). The molecule has 152 valence electrons. The van der Waals surface area contributed by atoms with Gasteiger partial charge in [0, 0.05) is 5.69 Å². The predicted octanol–water partition coefficient (Wildman–Crippen LogP) is 4.93. The molecular formula is C22H19FN4O2S. The van der Waals surface area contributed by atoms with Gasteiger partial charge in [0.05, 0.1) is 15.9 Å². The van der Waals surface area contributed by atoms with Crippen molar-refractivity contribution in [3.63, 3.8) is 0 Å². The molecule has 0 fully saturated rings. The fourth-order valence-corrected chi connectivity index (χ4v) is 4.27. The van der Waals surface area contributed by atoms with E-state index in [0.717, 1.165) is 17.3 Å². The van der Waals surface area contributed by atoms with E-state index in [1.54, 1.807) is 18.2 Å². The number of nitrogens with one attached hydrogen (secondary N) is 2. The van der Waals surface area contributed by atoms with E-state index in [9.17, 15) is 12.8 Å². The molecule has 1 aromatic heterocycles. The fourth-order valence-electron chi connectivity index (χ4n) is 3.03. The van der Waals surface area contributed by atoms with Gasteiger partial charge in [0.1, 0.15) is 5.82 Å². The molecule has 0 amide bonds. The Kier molecular flexibility index (Phi) is 5.09. The Morgan fingerprint density at radius 2 is 1.47 bits per heavy atom. The number of nitrogens with zero attached hydrogens (tertiary/aromatic N) is 2. The number of aryl methyl sites for hydroxylation is 2. The van der Waals surface area contributed by atoms with Crippen LogP contribution in [0.25, 0.3) is 11.0 Å². The summed E-state index contributed by atoms with van der Waals surface area (Å²) in [5.74, 6) is -0.183.